The molecule has 98 valence electrons. The summed E-state index contributed by atoms with van der Waals surface area (Å²) in [7, 11) is 0. The highest BCUT2D eigenvalue weighted by molar-refractivity contribution is 6.21. The third-order valence-corrected chi connectivity index (χ3v) is 3.05. The van der Waals surface area contributed by atoms with Crippen LogP contribution in [-0.4, -0.2) is 18.2 Å². The number of allylic oxidation sites excluding steroid dienone is 2. The van der Waals surface area contributed by atoms with Crippen LogP contribution in [0.5, 0.6) is 0 Å². The zero-order chi connectivity index (χ0) is 13.8. The highest BCUT2D eigenvalue weighted by Gasteiger charge is 2.19. The molecule has 1 aliphatic carbocycles. The lowest BCUT2D eigenvalue weighted by Crippen LogP contribution is -2.24. The van der Waals surface area contributed by atoms with Gasteiger partial charge in [-0.15, -0.1) is 0 Å². The number of hydrogen-bond donors (Lipinski definition) is 1. The molecular formula is C16H17NO2. The summed E-state index contributed by atoms with van der Waals surface area (Å²) < 4.78 is 0. The first-order valence-electron chi connectivity index (χ1n) is 6.33. The Morgan fingerprint density at radius 2 is 2.16 bits per heavy atom. The predicted molar refractivity (Wildman–Crippen MR) is 75.7 cm³/mol. The number of carbonyl (C=O) groups excluding carboxylic acids is 2. The maximum Gasteiger partial charge on any atom is 0.251 e. The molecule has 1 N–H and O–H groups in total. The Morgan fingerprint density at radius 3 is 2.89 bits per heavy atom. The van der Waals surface area contributed by atoms with E-state index in [4.69, 9.17) is 0 Å². The Morgan fingerprint density at radius 1 is 1.37 bits per heavy atom. The Labute approximate surface area is 113 Å². The van der Waals surface area contributed by atoms with Crippen LogP contribution in [0.4, 0.5) is 0 Å². The quantitative estimate of drug-likeness (QED) is 0.838. The van der Waals surface area contributed by atoms with Crippen LogP contribution < -0.4 is 5.32 Å². The van der Waals surface area contributed by atoms with Gasteiger partial charge in [0.25, 0.3) is 5.91 Å². The van der Waals surface area contributed by atoms with Crippen LogP contribution in [0.15, 0.2) is 36.4 Å². The van der Waals surface area contributed by atoms with Crippen LogP contribution in [0.25, 0.3) is 5.57 Å². The number of rotatable bonds is 4. The molecular weight excluding hydrogens is 238 g/mol. The molecule has 0 atom stereocenters. The van der Waals surface area contributed by atoms with Gasteiger partial charge < -0.3 is 5.32 Å². The standard InChI is InChI=1S/C16H17NO2/c1-11-5-7-14-13(10-11)6-8-15(14)16(19)17-9-3-4-12(2)18/h3-5,7-8,10H,6,9H2,1-2H3,(H,17,19)/b4-3+. The fourth-order valence-electron chi connectivity index (χ4n) is 2.16. The van der Waals surface area contributed by atoms with Crippen molar-refractivity contribution in [1.29, 1.82) is 0 Å². The second-order valence-corrected chi connectivity index (χ2v) is 4.71. The summed E-state index contributed by atoms with van der Waals surface area (Å²) in [6.45, 7) is 3.90. The van der Waals surface area contributed by atoms with Gasteiger partial charge in [-0.2, -0.15) is 0 Å². The first-order chi connectivity index (χ1) is 9.08. The summed E-state index contributed by atoms with van der Waals surface area (Å²) in [5.74, 6) is -0.106. The van der Waals surface area contributed by atoms with Crippen LogP contribution in [0.1, 0.15) is 23.6 Å². The number of fused-ring (bicyclic) bond motifs is 1. The van der Waals surface area contributed by atoms with Crippen molar-refractivity contribution in [2.24, 2.45) is 0 Å². The molecule has 1 amide bonds. The van der Waals surface area contributed by atoms with E-state index in [1.54, 1.807) is 6.08 Å². The maximum atomic E-state index is 12.0. The van der Waals surface area contributed by atoms with Gasteiger partial charge in [-0.1, -0.05) is 35.9 Å². The first kappa shape index (κ1) is 13.3. The lowest BCUT2D eigenvalue weighted by molar-refractivity contribution is -0.115. The second-order valence-electron chi connectivity index (χ2n) is 4.71. The van der Waals surface area contributed by atoms with E-state index in [9.17, 15) is 9.59 Å². The molecule has 0 bridgehead atoms. The molecule has 1 aliphatic rings. The van der Waals surface area contributed by atoms with Gasteiger partial charge in [-0.25, -0.2) is 0 Å². The number of carbonyl (C=O) groups is 2. The Kier molecular flexibility index (Phi) is 3.95. The average Bonchev–Trinajstić information content (AvgIpc) is 2.77. The van der Waals surface area contributed by atoms with Gasteiger partial charge in [-0.3, -0.25) is 9.59 Å². The van der Waals surface area contributed by atoms with E-state index in [-0.39, 0.29) is 11.7 Å². The molecule has 0 saturated heterocycles. The van der Waals surface area contributed by atoms with E-state index in [1.165, 1.54) is 24.1 Å². The maximum absolute atomic E-state index is 12.0. The van der Waals surface area contributed by atoms with Crippen molar-refractivity contribution in [3.8, 4) is 0 Å². The molecule has 1 aromatic carbocycles. The molecule has 0 spiro atoms. The van der Waals surface area contributed by atoms with Gasteiger partial charge in [0, 0.05) is 12.1 Å². The summed E-state index contributed by atoms with van der Waals surface area (Å²) >= 11 is 0. The van der Waals surface area contributed by atoms with Crippen LogP contribution >= 0.6 is 0 Å². The largest absolute Gasteiger partial charge is 0.349 e. The fraction of sp³-hybridized carbons (Fsp3) is 0.250. The van der Waals surface area contributed by atoms with Crippen molar-refractivity contribution in [1.82, 2.24) is 5.32 Å². The van der Waals surface area contributed by atoms with E-state index >= 15 is 0 Å². The molecule has 0 aromatic heterocycles. The fourth-order valence-corrected chi connectivity index (χ4v) is 2.16. The number of amides is 1. The number of ketones is 1. The normalized spacial score (nSPS) is 13.3. The minimum atomic E-state index is -0.0872. The molecule has 3 nitrogen and oxygen atoms in total. The molecule has 0 heterocycles. The third-order valence-electron chi connectivity index (χ3n) is 3.05. The lowest BCUT2D eigenvalue weighted by atomic mass is 10.0. The number of nitrogens with one attached hydrogen (secondary N) is 1. The predicted octanol–water partition coefficient (Wildman–Crippen LogP) is 2.20. The highest BCUT2D eigenvalue weighted by Crippen LogP contribution is 2.28. The van der Waals surface area contributed by atoms with Crippen molar-refractivity contribution in [2.75, 3.05) is 6.54 Å². The smallest absolute Gasteiger partial charge is 0.251 e. The second kappa shape index (κ2) is 5.65. The molecule has 3 heteroatoms. The number of benzene rings is 1. The number of hydrogen-bond acceptors (Lipinski definition) is 2. The Bertz CT molecular complexity index is 582. The molecule has 0 saturated carbocycles. The number of aryl methyl sites for hydroxylation is 1. The van der Waals surface area contributed by atoms with Crippen LogP contribution in [-0.2, 0) is 16.0 Å². The van der Waals surface area contributed by atoms with Crippen LogP contribution in [0, 0.1) is 6.92 Å². The van der Waals surface area contributed by atoms with Crippen molar-refractivity contribution >= 4 is 17.3 Å². The topological polar surface area (TPSA) is 46.2 Å². The molecule has 0 fully saturated rings. The Balaban J connectivity index is 2.01. The van der Waals surface area contributed by atoms with E-state index in [0.29, 0.717) is 6.54 Å². The SMILES string of the molecule is CC(=O)/C=C/CNC(=O)C1=CCc2cc(C)ccc21. The van der Waals surface area contributed by atoms with Gasteiger partial charge in [0.1, 0.15) is 0 Å². The third kappa shape index (κ3) is 3.19. The average molecular weight is 255 g/mol. The molecule has 2 rings (SSSR count). The van der Waals surface area contributed by atoms with E-state index in [1.807, 2.05) is 25.1 Å². The Hall–Kier alpha value is -2.16. The van der Waals surface area contributed by atoms with Gasteiger partial charge >= 0.3 is 0 Å². The van der Waals surface area contributed by atoms with Gasteiger partial charge in [-0.05, 0) is 37.5 Å². The van der Waals surface area contributed by atoms with Crippen molar-refractivity contribution < 1.29 is 9.59 Å². The van der Waals surface area contributed by atoms with Crippen molar-refractivity contribution in [3.63, 3.8) is 0 Å². The summed E-state index contributed by atoms with van der Waals surface area (Å²) in [4.78, 5) is 22.8. The zero-order valence-corrected chi connectivity index (χ0v) is 11.2. The minimum absolute atomic E-state index is 0.0184. The van der Waals surface area contributed by atoms with E-state index in [0.717, 1.165) is 17.6 Å². The highest BCUT2D eigenvalue weighted by atomic mass is 16.1. The molecule has 0 unspecified atom stereocenters. The van der Waals surface area contributed by atoms with Crippen molar-refractivity contribution in [2.45, 2.75) is 20.3 Å². The zero-order valence-electron chi connectivity index (χ0n) is 11.2. The van der Waals surface area contributed by atoms with Crippen LogP contribution in [0.2, 0.25) is 0 Å². The van der Waals surface area contributed by atoms with Crippen molar-refractivity contribution in [3.05, 3.63) is 53.1 Å². The van der Waals surface area contributed by atoms with E-state index in [2.05, 4.69) is 11.4 Å². The molecule has 0 aliphatic heterocycles. The monoisotopic (exact) mass is 255 g/mol. The lowest BCUT2D eigenvalue weighted by Gasteiger charge is -2.06. The van der Waals surface area contributed by atoms with Gasteiger partial charge in [0.15, 0.2) is 5.78 Å². The summed E-state index contributed by atoms with van der Waals surface area (Å²) in [6, 6.07) is 6.12. The van der Waals surface area contributed by atoms with Gasteiger partial charge in [0.05, 0.1) is 0 Å². The molecule has 1 aromatic rings. The summed E-state index contributed by atoms with van der Waals surface area (Å²) in [5, 5.41) is 2.79. The summed E-state index contributed by atoms with van der Waals surface area (Å²) in [6.07, 6.45) is 5.88. The van der Waals surface area contributed by atoms with Crippen LogP contribution in [0.3, 0.4) is 0 Å². The first-order valence-corrected chi connectivity index (χ1v) is 6.33. The molecule has 19 heavy (non-hydrogen) atoms. The minimum Gasteiger partial charge on any atom is -0.349 e. The van der Waals surface area contributed by atoms with Gasteiger partial charge in [0.2, 0.25) is 0 Å². The van der Waals surface area contributed by atoms with E-state index < -0.39 is 0 Å². The summed E-state index contributed by atoms with van der Waals surface area (Å²) in [5.41, 5.74) is 4.15. The molecule has 0 radical (unpaired) electrons.